The third kappa shape index (κ3) is 7.29. The predicted octanol–water partition coefficient (Wildman–Crippen LogP) is -0.320. The number of rotatable bonds is 5. The van der Waals surface area contributed by atoms with Crippen LogP contribution in [0.5, 0.6) is 0 Å². The molecule has 4 nitrogen and oxygen atoms in total. The summed E-state index contributed by atoms with van der Waals surface area (Å²) in [6.07, 6.45) is 0.0813. The van der Waals surface area contributed by atoms with Crippen molar-refractivity contribution < 1.29 is 14.7 Å². The normalized spacial score (nSPS) is 9.20. The zero-order chi connectivity index (χ0) is 7.98. The van der Waals surface area contributed by atoms with E-state index in [4.69, 9.17) is 10.8 Å². The standard InChI is InChI=1S/C5H9NO3S/c6-4(7)3-10-2-1-5(8)9/h1-3H2,(H2,6,7)(H,8,9). The molecule has 0 fully saturated rings. The quantitative estimate of drug-likeness (QED) is 0.544. The molecule has 0 aliphatic carbocycles. The zero-order valence-electron chi connectivity index (χ0n) is 5.37. The molecule has 0 aromatic rings. The third-order valence-electron chi connectivity index (χ3n) is 0.705. The molecule has 58 valence electrons. The highest BCUT2D eigenvalue weighted by Crippen LogP contribution is 2.00. The maximum absolute atomic E-state index is 10.1. The topological polar surface area (TPSA) is 80.4 Å². The number of carboxylic acid groups (broad SMARTS) is 1. The van der Waals surface area contributed by atoms with Crippen molar-refractivity contribution in [3.63, 3.8) is 0 Å². The smallest absolute Gasteiger partial charge is 0.304 e. The molecule has 0 saturated carbocycles. The van der Waals surface area contributed by atoms with E-state index in [0.717, 1.165) is 0 Å². The number of hydrogen-bond acceptors (Lipinski definition) is 3. The second kappa shape index (κ2) is 5.10. The molecule has 0 aromatic heterocycles. The van der Waals surface area contributed by atoms with E-state index in [0.29, 0.717) is 5.75 Å². The summed E-state index contributed by atoms with van der Waals surface area (Å²) in [6.45, 7) is 0. The number of carboxylic acids is 1. The van der Waals surface area contributed by atoms with Crippen LogP contribution in [0.15, 0.2) is 0 Å². The van der Waals surface area contributed by atoms with E-state index in [1.165, 1.54) is 11.8 Å². The average molecular weight is 163 g/mol. The van der Waals surface area contributed by atoms with Crippen molar-refractivity contribution >= 4 is 23.6 Å². The Morgan fingerprint density at radius 3 is 2.50 bits per heavy atom. The van der Waals surface area contributed by atoms with Gasteiger partial charge in [-0.2, -0.15) is 11.8 Å². The Morgan fingerprint density at radius 1 is 1.50 bits per heavy atom. The second-order valence-corrected chi connectivity index (χ2v) is 2.77. The van der Waals surface area contributed by atoms with E-state index in [2.05, 4.69) is 0 Å². The van der Waals surface area contributed by atoms with Crippen LogP contribution in [0.1, 0.15) is 6.42 Å². The van der Waals surface area contributed by atoms with Crippen LogP contribution in [-0.4, -0.2) is 28.5 Å². The van der Waals surface area contributed by atoms with Gasteiger partial charge in [0.25, 0.3) is 0 Å². The Hall–Kier alpha value is -0.710. The minimum absolute atomic E-state index is 0.0813. The summed E-state index contributed by atoms with van der Waals surface area (Å²) < 4.78 is 0. The second-order valence-electron chi connectivity index (χ2n) is 1.66. The maximum atomic E-state index is 10.1. The number of hydrogen-bond donors (Lipinski definition) is 2. The lowest BCUT2D eigenvalue weighted by Gasteiger charge is -1.93. The van der Waals surface area contributed by atoms with E-state index < -0.39 is 11.9 Å². The summed E-state index contributed by atoms with van der Waals surface area (Å²) in [7, 11) is 0. The highest BCUT2D eigenvalue weighted by atomic mass is 32.2. The first-order valence-corrected chi connectivity index (χ1v) is 3.86. The van der Waals surface area contributed by atoms with Gasteiger partial charge in [0.1, 0.15) is 0 Å². The van der Waals surface area contributed by atoms with Gasteiger partial charge in [-0.05, 0) is 0 Å². The molecule has 0 bridgehead atoms. The Morgan fingerprint density at radius 2 is 2.10 bits per heavy atom. The van der Waals surface area contributed by atoms with Gasteiger partial charge < -0.3 is 10.8 Å². The highest BCUT2D eigenvalue weighted by molar-refractivity contribution is 7.99. The molecule has 0 heterocycles. The van der Waals surface area contributed by atoms with Crippen molar-refractivity contribution in [2.45, 2.75) is 6.42 Å². The van der Waals surface area contributed by atoms with Crippen LogP contribution in [0.4, 0.5) is 0 Å². The molecule has 0 radical (unpaired) electrons. The third-order valence-corrected chi connectivity index (χ3v) is 1.69. The van der Waals surface area contributed by atoms with E-state index in [9.17, 15) is 9.59 Å². The maximum Gasteiger partial charge on any atom is 0.304 e. The minimum Gasteiger partial charge on any atom is -0.481 e. The zero-order valence-corrected chi connectivity index (χ0v) is 6.19. The number of carbonyl (C=O) groups excluding carboxylic acids is 1. The Kier molecular flexibility index (Phi) is 4.74. The van der Waals surface area contributed by atoms with Crippen molar-refractivity contribution in [2.24, 2.45) is 5.73 Å². The van der Waals surface area contributed by atoms with Crippen LogP contribution in [-0.2, 0) is 9.59 Å². The minimum atomic E-state index is -0.850. The van der Waals surface area contributed by atoms with Gasteiger partial charge in [-0.15, -0.1) is 0 Å². The Labute approximate surface area is 62.8 Å². The van der Waals surface area contributed by atoms with E-state index >= 15 is 0 Å². The molecule has 0 rings (SSSR count). The number of amides is 1. The lowest BCUT2D eigenvalue weighted by atomic mass is 10.5. The fourth-order valence-corrected chi connectivity index (χ4v) is 0.997. The first-order valence-electron chi connectivity index (χ1n) is 2.70. The van der Waals surface area contributed by atoms with Gasteiger partial charge in [0.05, 0.1) is 12.2 Å². The Balaban J connectivity index is 3.06. The van der Waals surface area contributed by atoms with Gasteiger partial charge in [-0.25, -0.2) is 0 Å². The molecule has 0 spiro atoms. The molecule has 0 aliphatic heterocycles. The van der Waals surface area contributed by atoms with Crippen LogP contribution < -0.4 is 5.73 Å². The summed E-state index contributed by atoms with van der Waals surface area (Å²) in [5, 5.41) is 8.15. The predicted molar refractivity (Wildman–Crippen MR) is 38.8 cm³/mol. The molecule has 0 aromatic carbocycles. The summed E-state index contributed by atoms with van der Waals surface area (Å²) in [6, 6.07) is 0. The summed E-state index contributed by atoms with van der Waals surface area (Å²) in [5.74, 6) is -0.613. The van der Waals surface area contributed by atoms with Crippen LogP contribution in [0, 0.1) is 0 Å². The molecule has 3 N–H and O–H groups in total. The fourth-order valence-electron chi connectivity index (χ4n) is 0.332. The van der Waals surface area contributed by atoms with Crippen molar-refractivity contribution in [2.75, 3.05) is 11.5 Å². The lowest BCUT2D eigenvalue weighted by molar-refractivity contribution is -0.136. The molecule has 0 aliphatic rings. The first kappa shape index (κ1) is 9.29. The monoisotopic (exact) mass is 163 g/mol. The molecular weight excluding hydrogens is 154 g/mol. The van der Waals surface area contributed by atoms with E-state index in [-0.39, 0.29) is 12.2 Å². The number of primary amides is 1. The molecule has 10 heavy (non-hydrogen) atoms. The largest absolute Gasteiger partial charge is 0.481 e. The van der Waals surface area contributed by atoms with Gasteiger partial charge in [-0.3, -0.25) is 9.59 Å². The van der Waals surface area contributed by atoms with E-state index in [1.54, 1.807) is 0 Å². The van der Waals surface area contributed by atoms with Gasteiger partial charge in [-0.1, -0.05) is 0 Å². The number of thioether (sulfide) groups is 1. The van der Waals surface area contributed by atoms with Gasteiger partial charge in [0, 0.05) is 5.75 Å². The Bertz CT molecular complexity index is 121. The van der Waals surface area contributed by atoms with Crippen molar-refractivity contribution in [3.05, 3.63) is 0 Å². The SMILES string of the molecule is NC(=O)CSCCC(=O)O. The van der Waals surface area contributed by atoms with Crippen LogP contribution in [0.3, 0.4) is 0 Å². The summed E-state index contributed by atoms with van der Waals surface area (Å²) in [5.41, 5.74) is 4.80. The lowest BCUT2D eigenvalue weighted by Crippen LogP contribution is -2.13. The summed E-state index contributed by atoms with van der Waals surface area (Å²) in [4.78, 5) is 20.0. The molecule has 0 atom stereocenters. The number of aliphatic carboxylic acids is 1. The first-order chi connectivity index (χ1) is 4.63. The average Bonchev–Trinajstić information content (AvgIpc) is 1.79. The molecule has 1 amide bonds. The molecule has 5 heteroatoms. The molecule has 0 unspecified atom stereocenters. The van der Waals surface area contributed by atoms with Gasteiger partial charge in [0.2, 0.25) is 5.91 Å². The van der Waals surface area contributed by atoms with Crippen molar-refractivity contribution in [1.29, 1.82) is 0 Å². The van der Waals surface area contributed by atoms with Crippen LogP contribution in [0.2, 0.25) is 0 Å². The van der Waals surface area contributed by atoms with Crippen molar-refractivity contribution in [1.82, 2.24) is 0 Å². The van der Waals surface area contributed by atoms with Crippen LogP contribution in [0.25, 0.3) is 0 Å². The highest BCUT2D eigenvalue weighted by Gasteiger charge is 1.97. The summed E-state index contributed by atoms with van der Waals surface area (Å²) >= 11 is 1.23. The van der Waals surface area contributed by atoms with E-state index in [1.807, 2.05) is 0 Å². The number of carbonyl (C=O) groups is 2. The van der Waals surface area contributed by atoms with Crippen molar-refractivity contribution in [3.8, 4) is 0 Å². The van der Waals surface area contributed by atoms with Crippen LogP contribution >= 0.6 is 11.8 Å². The molecular formula is C5H9NO3S. The fraction of sp³-hybridized carbons (Fsp3) is 0.600. The van der Waals surface area contributed by atoms with Gasteiger partial charge >= 0.3 is 5.97 Å². The molecule has 0 saturated heterocycles. The van der Waals surface area contributed by atoms with Gasteiger partial charge in [0.15, 0.2) is 0 Å². The number of nitrogens with two attached hydrogens (primary N) is 1.